The number of rotatable bonds is 2. The monoisotopic (exact) mass is 418 g/mol. The Labute approximate surface area is 112 Å². The molecule has 0 unspecified atom stereocenters. The second-order valence-electron chi connectivity index (χ2n) is 3.57. The molecule has 0 fully saturated rings. The summed E-state index contributed by atoms with van der Waals surface area (Å²) in [5.74, 6) is -1.00. The van der Waals surface area contributed by atoms with Gasteiger partial charge in [0.1, 0.15) is 0 Å². The Morgan fingerprint density at radius 1 is 1.35 bits per heavy atom. The van der Waals surface area contributed by atoms with Crippen LogP contribution in [0.15, 0.2) is 30.3 Å². The van der Waals surface area contributed by atoms with Crippen LogP contribution in [0.3, 0.4) is 0 Å². The minimum absolute atomic E-state index is 0.0186. The number of aromatic carboxylic acids is 1. The molecular weight excluding hydrogens is 411 g/mol. The fourth-order valence-corrected chi connectivity index (χ4v) is 4.13. The van der Waals surface area contributed by atoms with Crippen molar-refractivity contribution in [3.05, 3.63) is 46.0 Å². The zero-order chi connectivity index (χ0) is 12.6. The molecule has 6 heteroatoms. The first-order chi connectivity index (χ1) is 8.00. The molecule has 0 radical (unpaired) electrons. The average molecular weight is 417 g/mol. The van der Waals surface area contributed by atoms with Crippen molar-refractivity contribution in [1.82, 2.24) is 0 Å². The Bertz CT molecular complexity index is 639. The van der Waals surface area contributed by atoms with Gasteiger partial charge in [-0.15, -0.1) is 0 Å². The first-order valence-electron chi connectivity index (χ1n) is 4.77. The molecule has 0 bridgehead atoms. The molecule has 0 heterocycles. The molecule has 0 aliphatic carbocycles. The molecule has 0 atom stereocenters. The van der Waals surface area contributed by atoms with E-state index in [2.05, 4.69) is 0 Å². The Balaban J connectivity index is 2.85. The van der Waals surface area contributed by atoms with E-state index in [0.717, 1.165) is 3.07 Å². The number of nitro groups is 1. The summed E-state index contributed by atoms with van der Waals surface area (Å²) in [4.78, 5) is 21.3. The number of nitro benzene ring substituents is 1. The van der Waals surface area contributed by atoms with E-state index in [-0.39, 0.29) is 37.4 Å². The van der Waals surface area contributed by atoms with E-state index in [0.29, 0.717) is 10.8 Å². The van der Waals surface area contributed by atoms with Gasteiger partial charge in [-0.2, -0.15) is 0 Å². The van der Waals surface area contributed by atoms with Crippen molar-refractivity contribution in [2.45, 2.75) is 0 Å². The fraction of sp³-hybridized carbons (Fsp3) is 0. The summed E-state index contributed by atoms with van der Waals surface area (Å²) in [7, 11) is 0. The van der Waals surface area contributed by atoms with Crippen LogP contribution in [0, 0.1) is 10.1 Å². The molecule has 0 amide bonds. The summed E-state index contributed by atoms with van der Waals surface area (Å²) in [6.45, 7) is 0. The summed E-state index contributed by atoms with van der Waals surface area (Å²) in [5, 5.41) is 21.0. The summed E-state index contributed by atoms with van der Waals surface area (Å²) in [6, 6.07) is 7.71. The van der Waals surface area contributed by atoms with Gasteiger partial charge in [-0.25, -0.2) is 0 Å². The molecule has 5 nitrogen and oxygen atoms in total. The summed E-state index contributed by atoms with van der Waals surface area (Å²) >= 11 is 0.114. The Hall–Kier alpha value is -1.49. The molecule has 0 spiro atoms. The van der Waals surface area contributed by atoms with E-state index in [4.69, 9.17) is 5.11 Å². The summed E-state index contributed by atoms with van der Waals surface area (Å²) in [6.07, 6.45) is 0. The maximum absolute atomic E-state index is 11.1. The van der Waals surface area contributed by atoms with Crippen molar-refractivity contribution >= 4 is 25.5 Å². The van der Waals surface area contributed by atoms with Gasteiger partial charge in [-0.3, -0.25) is 0 Å². The molecule has 0 aliphatic rings. The van der Waals surface area contributed by atoms with Gasteiger partial charge in [0.2, 0.25) is 0 Å². The molecule has 0 aliphatic heterocycles. The first kappa shape index (κ1) is 12.0. The molecule has 0 aromatic heterocycles. The van der Waals surface area contributed by atoms with Crippen LogP contribution in [0.25, 0.3) is 10.8 Å². The van der Waals surface area contributed by atoms with Gasteiger partial charge >= 0.3 is 112 Å². The van der Waals surface area contributed by atoms with Crippen LogP contribution in [0.4, 0.5) is 5.69 Å². The van der Waals surface area contributed by atoms with Gasteiger partial charge in [0.05, 0.1) is 0 Å². The average Bonchev–Trinajstić information content (AvgIpc) is 2.27. The summed E-state index contributed by atoms with van der Waals surface area (Å²) < 4.78 is 0.784. The molecule has 2 rings (SSSR count). The van der Waals surface area contributed by atoms with Crippen LogP contribution in [-0.4, -0.2) is 16.0 Å². The van der Waals surface area contributed by atoms with E-state index in [1.807, 2.05) is 0 Å². The van der Waals surface area contributed by atoms with Crippen molar-refractivity contribution in [1.29, 1.82) is 0 Å². The quantitative estimate of drug-likeness (QED) is 0.458. The second-order valence-corrected chi connectivity index (χ2v) is 6.53. The number of fused-ring (bicyclic) bond motifs is 1. The SMILES string of the molecule is O=C(O)c1cccc2cc([N+](=O)[O-])c[c]([Hg])c12. The molecule has 0 saturated carbocycles. The Morgan fingerprint density at radius 3 is 2.65 bits per heavy atom. The zero-order valence-corrected chi connectivity index (χ0v) is 14.2. The number of carboxylic acid groups (broad SMARTS) is 1. The van der Waals surface area contributed by atoms with E-state index in [9.17, 15) is 14.9 Å². The number of nitrogens with zero attached hydrogens (tertiary/aromatic N) is 1. The van der Waals surface area contributed by atoms with Crippen LogP contribution >= 0.6 is 0 Å². The second kappa shape index (κ2) is 4.41. The van der Waals surface area contributed by atoms with E-state index in [1.54, 1.807) is 12.1 Å². The van der Waals surface area contributed by atoms with Gasteiger partial charge < -0.3 is 0 Å². The molecule has 2 aromatic rings. The molecule has 0 saturated heterocycles. The van der Waals surface area contributed by atoms with Crippen LogP contribution in [-0.2, 0) is 26.1 Å². The predicted molar refractivity (Wildman–Crippen MR) is 57.2 cm³/mol. The van der Waals surface area contributed by atoms with Crippen LogP contribution in [0.5, 0.6) is 0 Å². The third kappa shape index (κ3) is 2.15. The van der Waals surface area contributed by atoms with Gasteiger partial charge in [-0.1, -0.05) is 0 Å². The number of benzene rings is 2. The third-order valence-electron chi connectivity index (χ3n) is 2.48. The number of hydrogen-bond acceptors (Lipinski definition) is 3. The van der Waals surface area contributed by atoms with Gasteiger partial charge in [0.15, 0.2) is 0 Å². The van der Waals surface area contributed by atoms with Gasteiger partial charge in [-0.05, 0) is 0 Å². The maximum atomic E-state index is 11.1. The molecule has 1 N–H and O–H groups in total. The van der Waals surface area contributed by atoms with Crippen molar-refractivity contribution in [2.75, 3.05) is 0 Å². The van der Waals surface area contributed by atoms with E-state index in [1.165, 1.54) is 18.2 Å². The van der Waals surface area contributed by atoms with E-state index >= 15 is 0 Å². The fourth-order valence-electron chi connectivity index (χ4n) is 1.78. The molecule has 17 heavy (non-hydrogen) atoms. The molecule has 2 aromatic carbocycles. The molecule has 81 valence electrons. The van der Waals surface area contributed by atoms with Gasteiger partial charge in [0, 0.05) is 0 Å². The topological polar surface area (TPSA) is 80.4 Å². The predicted octanol–water partition coefficient (Wildman–Crippen LogP) is 1.62. The first-order valence-corrected chi connectivity index (χ1v) is 7.52. The number of carbonyl (C=O) groups is 1. The van der Waals surface area contributed by atoms with Crippen LogP contribution < -0.4 is 3.07 Å². The van der Waals surface area contributed by atoms with Crippen molar-refractivity contribution in [2.24, 2.45) is 0 Å². The molecular formula is C11H6HgNO4. The van der Waals surface area contributed by atoms with Crippen molar-refractivity contribution in [3.63, 3.8) is 0 Å². The zero-order valence-electron chi connectivity index (χ0n) is 8.71. The standard InChI is InChI=1S/C11H6NO4.Hg/c13-11(14)10-3-1-2-7-6-8(12(15)16)4-5-9(7)10;/h1-4,6H,(H,13,14);. The minimum atomic E-state index is -1.00. The number of non-ortho nitro benzene ring substituents is 1. The third-order valence-corrected chi connectivity index (χ3v) is 4.65. The Kier molecular flexibility index (Phi) is 3.10. The van der Waals surface area contributed by atoms with Crippen molar-refractivity contribution in [3.8, 4) is 0 Å². The normalized spacial score (nSPS) is 10.5. The number of hydrogen-bond donors (Lipinski definition) is 1. The Morgan fingerprint density at radius 2 is 2.06 bits per heavy atom. The number of carboxylic acids is 1. The van der Waals surface area contributed by atoms with E-state index < -0.39 is 10.9 Å². The van der Waals surface area contributed by atoms with Crippen molar-refractivity contribution < 1.29 is 40.9 Å². The summed E-state index contributed by atoms with van der Waals surface area (Å²) in [5.41, 5.74) is 0.229. The van der Waals surface area contributed by atoms with Gasteiger partial charge in [0.25, 0.3) is 0 Å². The van der Waals surface area contributed by atoms with Crippen LogP contribution in [0.1, 0.15) is 10.4 Å². The van der Waals surface area contributed by atoms with Crippen LogP contribution in [0.2, 0.25) is 0 Å².